The van der Waals surface area contributed by atoms with Crippen LogP contribution < -0.4 is 11.2 Å². The number of hydroxylamine groups is 1. The number of nitrogens with one attached hydrogen (secondary N) is 1. The van der Waals surface area contributed by atoms with Crippen LogP contribution >= 0.6 is 0 Å². The maximum atomic E-state index is 12.0. The molecular weight excluding hydrogens is 240 g/mol. The lowest BCUT2D eigenvalue weighted by atomic mass is 10.0. The lowest BCUT2D eigenvalue weighted by Crippen LogP contribution is -2.26. The van der Waals surface area contributed by atoms with E-state index in [1.54, 1.807) is 12.1 Å². The summed E-state index contributed by atoms with van der Waals surface area (Å²) in [6.07, 6.45) is 0. The Kier molecular flexibility index (Phi) is 4.02. The minimum absolute atomic E-state index is 0.316. The topological polar surface area (TPSA) is 64.3 Å². The van der Waals surface area contributed by atoms with Crippen molar-refractivity contribution < 1.29 is 9.63 Å². The highest BCUT2D eigenvalue weighted by Gasteiger charge is 2.11. The number of fused-ring (bicyclic) bond motifs is 1. The number of nitrogens with two attached hydrogens (primary N) is 1. The number of amides is 1. The largest absolute Gasteiger partial charge is 0.398 e. The molecule has 19 heavy (non-hydrogen) atoms. The highest BCUT2D eigenvalue weighted by atomic mass is 16.6. The number of benzene rings is 2. The predicted molar refractivity (Wildman–Crippen MR) is 76.6 cm³/mol. The van der Waals surface area contributed by atoms with Gasteiger partial charge >= 0.3 is 0 Å². The van der Waals surface area contributed by atoms with Gasteiger partial charge in [0, 0.05) is 5.69 Å². The summed E-state index contributed by atoms with van der Waals surface area (Å²) in [5.41, 5.74) is 9.20. The smallest absolute Gasteiger partial charge is 0.276 e. The van der Waals surface area contributed by atoms with Crippen LogP contribution in [0.25, 0.3) is 10.8 Å². The molecule has 0 fully saturated rings. The van der Waals surface area contributed by atoms with E-state index in [1.807, 2.05) is 38.1 Å². The molecule has 0 bridgehead atoms. The van der Waals surface area contributed by atoms with Crippen LogP contribution in [0.2, 0.25) is 0 Å². The first-order chi connectivity index (χ1) is 9.08. The molecule has 0 saturated heterocycles. The van der Waals surface area contributed by atoms with Crippen LogP contribution in [0.3, 0.4) is 0 Å². The summed E-state index contributed by atoms with van der Waals surface area (Å²) in [7, 11) is 0. The number of nitrogen functional groups attached to an aromatic ring is 1. The van der Waals surface area contributed by atoms with Crippen LogP contribution in [0.1, 0.15) is 24.2 Å². The van der Waals surface area contributed by atoms with Crippen molar-refractivity contribution in [2.45, 2.75) is 13.8 Å². The van der Waals surface area contributed by atoms with Crippen molar-refractivity contribution in [1.82, 2.24) is 5.48 Å². The molecule has 0 aliphatic carbocycles. The molecule has 2 aromatic rings. The van der Waals surface area contributed by atoms with Crippen LogP contribution in [0.4, 0.5) is 5.69 Å². The van der Waals surface area contributed by atoms with Crippen LogP contribution in [-0.4, -0.2) is 12.5 Å². The van der Waals surface area contributed by atoms with E-state index in [2.05, 4.69) is 5.48 Å². The Balaban J connectivity index is 2.19. The van der Waals surface area contributed by atoms with Gasteiger partial charge in [0.25, 0.3) is 5.91 Å². The number of carbonyl (C=O) groups excluding carboxylic acids is 1. The average molecular weight is 258 g/mol. The third-order valence-electron chi connectivity index (χ3n) is 2.74. The highest BCUT2D eigenvalue weighted by Crippen LogP contribution is 2.21. The number of carbonyl (C=O) groups is 1. The Morgan fingerprint density at radius 2 is 1.89 bits per heavy atom. The van der Waals surface area contributed by atoms with Gasteiger partial charge in [-0.25, -0.2) is 5.48 Å². The van der Waals surface area contributed by atoms with E-state index in [4.69, 9.17) is 10.6 Å². The summed E-state index contributed by atoms with van der Waals surface area (Å²) in [5.74, 6) is 0.0400. The number of rotatable bonds is 4. The molecule has 0 atom stereocenters. The van der Waals surface area contributed by atoms with Gasteiger partial charge in [-0.3, -0.25) is 9.63 Å². The zero-order valence-corrected chi connectivity index (χ0v) is 11.1. The first-order valence-electron chi connectivity index (χ1n) is 6.28. The fourth-order valence-electron chi connectivity index (χ4n) is 1.78. The molecule has 4 nitrogen and oxygen atoms in total. The molecule has 0 radical (unpaired) electrons. The van der Waals surface area contributed by atoms with Crippen molar-refractivity contribution in [3.05, 3.63) is 42.0 Å². The Bertz CT molecular complexity index is 594. The lowest BCUT2D eigenvalue weighted by Gasteiger charge is -2.10. The molecule has 3 N–H and O–H groups in total. The predicted octanol–water partition coefficient (Wildman–Crippen LogP) is 2.74. The second kappa shape index (κ2) is 5.71. The van der Waals surface area contributed by atoms with E-state index >= 15 is 0 Å². The average Bonchev–Trinajstić information content (AvgIpc) is 2.37. The Morgan fingerprint density at radius 1 is 1.26 bits per heavy atom. The molecule has 1 amide bonds. The summed E-state index contributed by atoms with van der Waals surface area (Å²) in [5, 5.41) is 1.99. The van der Waals surface area contributed by atoms with Gasteiger partial charge in [-0.1, -0.05) is 38.1 Å². The normalized spacial score (nSPS) is 10.9. The summed E-state index contributed by atoms with van der Waals surface area (Å²) >= 11 is 0. The van der Waals surface area contributed by atoms with Crippen LogP contribution in [0, 0.1) is 5.92 Å². The minimum Gasteiger partial charge on any atom is -0.398 e. The summed E-state index contributed by atoms with van der Waals surface area (Å²) in [6.45, 7) is 4.49. The van der Waals surface area contributed by atoms with Crippen LogP contribution in [0.15, 0.2) is 36.4 Å². The third-order valence-corrected chi connectivity index (χ3v) is 2.74. The first kappa shape index (κ1) is 13.4. The number of hydrogen-bond donors (Lipinski definition) is 2. The quantitative estimate of drug-likeness (QED) is 0.654. The van der Waals surface area contributed by atoms with Gasteiger partial charge in [0.2, 0.25) is 0 Å². The van der Waals surface area contributed by atoms with E-state index in [9.17, 15) is 4.79 Å². The Morgan fingerprint density at radius 3 is 2.53 bits per heavy atom. The van der Waals surface area contributed by atoms with Crippen molar-refractivity contribution >= 4 is 22.4 Å². The van der Waals surface area contributed by atoms with E-state index < -0.39 is 0 Å². The zero-order chi connectivity index (χ0) is 13.8. The van der Waals surface area contributed by atoms with Crippen molar-refractivity contribution in [1.29, 1.82) is 0 Å². The maximum Gasteiger partial charge on any atom is 0.276 e. The van der Waals surface area contributed by atoms with Crippen molar-refractivity contribution in [3.8, 4) is 0 Å². The van der Waals surface area contributed by atoms with E-state index in [0.717, 1.165) is 10.8 Å². The van der Waals surface area contributed by atoms with Gasteiger partial charge in [-0.2, -0.15) is 0 Å². The van der Waals surface area contributed by atoms with Crippen LogP contribution in [-0.2, 0) is 4.84 Å². The van der Waals surface area contributed by atoms with Gasteiger partial charge in [0.1, 0.15) is 0 Å². The molecule has 2 rings (SSSR count). The van der Waals surface area contributed by atoms with E-state index in [1.165, 1.54) is 0 Å². The van der Waals surface area contributed by atoms with Gasteiger partial charge in [0.15, 0.2) is 0 Å². The Labute approximate surface area is 112 Å². The Hall–Kier alpha value is -2.07. The highest BCUT2D eigenvalue weighted by molar-refractivity contribution is 6.03. The second-order valence-electron chi connectivity index (χ2n) is 4.92. The third kappa shape index (κ3) is 3.23. The molecule has 0 saturated carbocycles. The number of anilines is 1. The van der Waals surface area contributed by atoms with Crippen molar-refractivity contribution in [2.24, 2.45) is 5.92 Å². The SMILES string of the molecule is CC(C)CONC(=O)c1cc2ccccc2cc1N. The van der Waals surface area contributed by atoms with Crippen molar-refractivity contribution in [3.63, 3.8) is 0 Å². The monoisotopic (exact) mass is 258 g/mol. The summed E-state index contributed by atoms with van der Waals surface area (Å²) < 4.78 is 0. The van der Waals surface area contributed by atoms with Crippen molar-refractivity contribution in [2.75, 3.05) is 12.3 Å². The fourth-order valence-corrected chi connectivity index (χ4v) is 1.78. The second-order valence-corrected chi connectivity index (χ2v) is 4.92. The molecular formula is C15H18N2O2. The number of hydrogen-bond acceptors (Lipinski definition) is 3. The standard InChI is InChI=1S/C15H18N2O2/c1-10(2)9-19-17-15(18)13-7-11-5-3-4-6-12(11)8-14(13)16/h3-8,10H,9,16H2,1-2H3,(H,17,18). The fraction of sp³-hybridized carbons (Fsp3) is 0.267. The molecule has 0 spiro atoms. The molecule has 0 aromatic heterocycles. The summed E-state index contributed by atoms with van der Waals surface area (Å²) in [4.78, 5) is 17.1. The van der Waals surface area contributed by atoms with E-state index in [0.29, 0.717) is 23.8 Å². The van der Waals surface area contributed by atoms with Gasteiger partial charge in [0.05, 0.1) is 12.2 Å². The molecule has 4 heteroatoms. The minimum atomic E-state index is -0.316. The molecule has 100 valence electrons. The van der Waals surface area contributed by atoms with E-state index in [-0.39, 0.29) is 5.91 Å². The van der Waals surface area contributed by atoms with Crippen LogP contribution in [0.5, 0.6) is 0 Å². The zero-order valence-electron chi connectivity index (χ0n) is 11.1. The summed E-state index contributed by atoms with van der Waals surface area (Å²) in [6, 6.07) is 11.3. The first-order valence-corrected chi connectivity index (χ1v) is 6.28. The molecule has 2 aromatic carbocycles. The van der Waals surface area contributed by atoms with Gasteiger partial charge in [-0.15, -0.1) is 0 Å². The molecule has 0 aliphatic heterocycles. The maximum absolute atomic E-state index is 12.0. The molecule has 0 aliphatic rings. The lowest BCUT2D eigenvalue weighted by molar-refractivity contribution is 0.0209. The molecule has 0 unspecified atom stereocenters. The van der Waals surface area contributed by atoms with Gasteiger partial charge < -0.3 is 5.73 Å². The van der Waals surface area contributed by atoms with Gasteiger partial charge in [-0.05, 0) is 28.8 Å². The molecule has 0 heterocycles.